The lowest BCUT2D eigenvalue weighted by Crippen LogP contribution is -2.13. The summed E-state index contributed by atoms with van der Waals surface area (Å²) in [6.07, 6.45) is 0. The second kappa shape index (κ2) is 5.24. The van der Waals surface area contributed by atoms with Gasteiger partial charge in [-0.25, -0.2) is 13.6 Å². The first kappa shape index (κ1) is 14.5. The molecule has 0 unspecified atom stereocenters. The van der Waals surface area contributed by atoms with Crippen LogP contribution in [0.25, 0.3) is 11.1 Å². The Bertz CT molecular complexity index is 725. The molecule has 19 heavy (non-hydrogen) atoms. The molecule has 0 amide bonds. The van der Waals surface area contributed by atoms with Gasteiger partial charge in [0.1, 0.15) is 0 Å². The van der Waals surface area contributed by atoms with E-state index in [-0.39, 0.29) is 4.90 Å². The van der Waals surface area contributed by atoms with E-state index in [1.165, 1.54) is 12.1 Å². The Hall–Kier alpha value is -0.890. The summed E-state index contributed by atoms with van der Waals surface area (Å²) in [6, 6.07) is 9.97. The molecule has 0 aromatic heterocycles. The summed E-state index contributed by atoms with van der Waals surface area (Å²) in [7, 11) is -3.81. The van der Waals surface area contributed by atoms with Gasteiger partial charge in [-0.15, -0.1) is 0 Å². The number of sulfonamides is 1. The fraction of sp³-hybridized carbons (Fsp3) is 0. The maximum absolute atomic E-state index is 11.6. The van der Waals surface area contributed by atoms with Crippen LogP contribution in [0.3, 0.4) is 0 Å². The first-order valence-electron chi connectivity index (χ1n) is 5.16. The summed E-state index contributed by atoms with van der Waals surface area (Å²) in [4.78, 5) is 0.0479. The molecule has 0 aliphatic heterocycles. The van der Waals surface area contributed by atoms with Crippen molar-refractivity contribution < 1.29 is 8.42 Å². The quantitative estimate of drug-likeness (QED) is 0.752. The van der Waals surface area contributed by atoms with Crippen LogP contribution in [0.2, 0.25) is 0 Å². The number of benzene rings is 2. The molecule has 100 valence electrons. The molecule has 7 heteroatoms. The standard InChI is InChI=1S/C12H10Br2N2O2S/c13-8-3-7(4-9(14)5-8)11-6-10(15)1-2-12(11)19(16,17)18/h1-6H,15H2,(H2,16,17,18). The van der Waals surface area contributed by atoms with Crippen LogP contribution >= 0.6 is 31.9 Å². The van der Waals surface area contributed by atoms with Crippen molar-refractivity contribution in [3.63, 3.8) is 0 Å². The van der Waals surface area contributed by atoms with Crippen molar-refractivity contribution in [2.45, 2.75) is 4.90 Å². The number of nitrogen functional groups attached to an aromatic ring is 1. The van der Waals surface area contributed by atoms with Crippen molar-refractivity contribution >= 4 is 47.6 Å². The van der Waals surface area contributed by atoms with Crippen molar-refractivity contribution in [3.8, 4) is 11.1 Å². The average Bonchev–Trinajstić information content (AvgIpc) is 2.25. The van der Waals surface area contributed by atoms with E-state index in [2.05, 4.69) is 31.9 Å². The highest BCUT2D eigenvalue weighted by Gasteiger charge is 2.16. The summed E-state index contributed by atoms with van der Waals surface area (Å²) < 4.78 is 24.9. The fourth-order valence-corrected chi connectivity index (χ4v) is 3.77. The first-order chi connectivity index (χ1) is 8.77. The van der Waals surface area contributed by atoms with Gasteiger partial charge in [0.05, 0.1) is 4.90 Å². The van der Waals surface area contributed by atoms with Crippen molar-refractivity contribution in [1.82, 2.24) is 0 Å². The molecule has 2 aromatic carbocycles. The minimum absolute atomic E-state index is 0.0479. The van der Waals surface area contributed by atoms with Gasteiger partial charge in [0, 0.05) is 20.2 Å². The Kier molecular flexibility index (Phi) is 4.00. The summed E-state index contributed by atoms with van der Waals surface area (Å²) in [5.41, 5.74) is 7.38. The maximum atomic E-state index is 11.6. The monoisotopic (exact) mass is 404 g/mol. The van der Waals surface area contributed by atoms with Crippen molar-refractivity contribution in [2.75, 3.05) is 5.73 Å². The third-order valence-electron chi connectivity index (χ3n) is 2.48. The molecule has 0 radical (unpaired) electrons. The zero-order valence-corrected chi connectivity index (χ0v) is 13.6. The van der Waals surface area contributed by atoms with Crippen LogP contribution in [-0.4, -0.2) is 8.42 Å². The minimum atomic E-state index is -3.81. The van der Waals surface area contributed by atoms with Crippen molar-refractivity contribution in [2.24, 2.45) is 5.14 Å². The Morgan fingerprint density at radius 3 is 2.05 bits per heavy atom. The summed E-state index contributed by atoms with van der Waals surface area (Å²) >= 11 is 6.72. The summed E-state index contributed by atoms with van der Waals surface area (Å²) in [5.74, 6) is 0. The Morgan fingerprint density at radius 2 is 1.53 bits per heavy atom. The van der Waals surface area contributed by atoms with E-state index in [9.17, 15) is 8.42 Å². The molecular formula is C12H10Br2N2O2S. The molecule has 0 bridgehead atoms. The zero-order chi connectivity index (χ0) is 14.2. The van der Waals surface area contributed by atoms with Gasteiger partial charge >= 0.3 is 0 Å². The molecule has 0 saturated heterocycles. The van der Waals surface area contributed by atoms with E-state index < -0.39 is 10.0 Å². The Balaban J connectivity index is 2.77. The van der Waals surface area contributed by atoms with E-state index in [1.54, 1.807) is 18.2 Å². The van der Waals surface area contributed by atoms with Crippen LogP contribution in [0, 0.1) is 0 Å². The zero-order valence-electron chi connectivity index (χ0n) is 9.60. The summed E-state index contributed by atoms with van der Waals surface area (Å²) in [5, 5.41) is 5.23. The SMILES string of the molecule is Nc1ccc(S(N)(=O)=O)c(-c2cc(Br)cc(Br)c2)c1. The molecule has 4 nitrogen and oxygen atoms in total. The molecular weight excluding hydrogens is 396 g/mol. The topological polar surface area (TPSA) is 86.2 Å². The molecule has 0 atom stereocenters. The van der Waals surface area contributed by atoms with Crippen LogP contribution in [0.15, 0.2) is 50.2 Å². The Labute approximate surface area is 128 Å². The van der Waals surface area contributed by atoms with E-state index in [0.717, 1.165) is 8.95 Å². The second-order valence-electron chi connectivity index (χ2n) is 3.96. The van der Waals surface area contributed by atoms with Crippen LogP contribution in [0.4, 0.5) is 5.69 Å². The van der Waals surface area contributed by atoms with Crippen LogP contribution in [0.5, 0.6) is 0 Å². The van der Waals surface area contributed by atoms with Gasteiger partial charge in [0.15, 0.2) is 0 Å². The molecule has 0 aliphatic rings. The highest BCUT2D eigenvalue weighted by atomic mass is 79.9. The molecule has 4 N–H and O–H groups in total. The maximum Gasteiger partial charge on any atom is 0.238 e. The highest BCUT2D eigenvalue weighted by Crippen LogP contribution is 2.32. The third kappa shape index (κ3) is 3.36. The molecule has 2 rings (SSSR count). The molecule has 0 fully saturated rings. The summed E-state index contributed by atoms with van der Waals surface area (Å²) in [6.45, 7) is 0. The highest BCUT2D eigenvalue weighted by molar-refractivity contribution is 9.11. The fourth-order valence-electron chi connectivity index (χ4n) is 1.73. The van der Waals surface area contributed by atoms with Gasteiger partial charge in [-0.3, -0.25) is 0 Å². The van der Waals surface area contributed by atoms with E-state index in [4.69, 9.17) is 10.9 Å². The van der Waals surface area contributed by atoms with Gasteiger partial charge in [-0.2, -0.15) is 0 Å². The smallest absolute Gasteiger partial charge is 0.238 e. The Morgan fingerprint density at radius 1 is 0.947 bits per heavy atom. The van der Waals surface area contributed by atoms with Crippen LogP contribution in [0.1, 0.15) is 0 Å². The van der Waals surface area contributed by atoms with Crippen LogP contribution < -0.4 is 10.9 Å². The van der Waals surface area contributed by atoms with Gasteiger partial charge in [0.2, 0.25) is 10.0 Å². The second-order valence-corrected chi connectivity index (χ2v) is 7.32. The molecule has 0 saturated carbocycles. The van der Waals surface area contributed by atoms with E-state index >= 15 is 0 Å². The number of nitrogens with two attached hydrogens (primary N) is 2. The lowest BCUT2D eigenvalue weighted by molar-refractivity contribution is 0.598. The predicted octanol–water partition coefficient (Wildman–Crippen LogP) is 3.11. The predicted molar refractivity (Wildman–Crippen MR) is 83.1 cm³/mol. The van der Waals surface area contributed by atoms with Gasteiger partial charge in [-0.1, -0.05) is 31.9 Å². The number of hydrogen-bond donors (Lipinski definition) is 2. The van der Waals surface area contributed by atoms with Crippen molar-refractivity contribution in [1.29, 1.82) is 0 Å². The van der Waals surface area contributed by atoms with Crippen molar-refractivity contribution in [3.05, 3.63) is 45.3 Å². The third-order valence-corrected chi connectivity index (χ3v) is 4.37. The largest absolute Gasteiger partial charge is 0.399 e. The number of hydrogen-bond acceptors (Lipinski definition) is 3. The molecule has 2 aromatic rings. The van der Waals surface area contributed by atoms with Gasteiger partial charge in [0.25, 0.3) is 0 Å². The lowest BCUT2D eigenvalue weighted by atomic mass is 10.1. The molecule has 0 spiro atoms. The van der Waals surface area contributed by atoms with E-state index in [0.29, 0.717) is 16.8 Å². The molecule has 0 heterocycles. The number of rotatable bonds is 2. The number of anilines is 1. The van der Waals surface area contributed by atoms with E-state index in [1.807, 2.05) is 6.07 Å². The normalized spacial score (nSPS) is 11.5. The average molecular weight is 406 g/mol. The lowest BCUT2D eigenvalue weighted by Gasteiger charge is -2.10. The first-order valence-corrected chi connectivity index (χ1v) is 8.29. The number of halogens is 2. The van der Waals surface area contributed by atoms with Gasteiger partial charge in [-0.05, 0) is 42.0 Å². The van der Waals surface area contributed by atoms with Gasteiger partial charge < -0.3 is 5.73 Å². The minimum Gasteiger partial charge on any atom is -0.399 e. The molecule has 0 aliphatic carbocycles. The number of primary sulfonamides is 1. The van der Waals surface area contributed by atoms with Crippen LogP contribution in [-0.2, 0) is 10.0 Å².